The molecule has 28 heteroatoms. The Morgan fingerprint density at radius 2 is 1.12 bits per heavy atom. The molecule has 0 unspecified atom stereocenters. The Morgan fingerprint density at radius 1 is 0.568 bits per heavy atom. The zero-order valence-electron chi connectivity index (χ0n) is 50.3. The molecular formula is C60H89N15O13. The fourth-order valence-electron chi connectivity index (χ4n) is 10.0. The van der Waals surface area contributed by atoms with Gasteiger partial charge in [0, 0.05) is 130 Å². The number of carbonyl (C=O) groups is 9. The number of urea groups is 1. The number of hydrogen-bond donors (Lipinski definition) is 13. The SMILES string of the molecule is CCC(=O)NCCNC(=O)NC(N)=NCCC[C@@H](NC(=O)[C@H](c1cccc(NCCCNC(=O)CCCCCNC(=O)CN2CCN(CC(=O)O)CCN(CC(=O)O)CCN(CC(=O)O)CC2)c1)N1Cc2ccccc2C1)C(=O)NCc1ccc(O)cc1. The number of aliphatic imine (C=N–C) groups is 1. The average molecular weight is 1230 g/mol. The van der Waals surface area contributed by atoms with Crippen molar-refractivity contribution in [1.29, 1.82) is 0 Å². The van der Waals surface area contributed by atoms with Gasteiger partial charge in [-0.3, -0.25) is 73.2 Å². The third-order valence-corrected chi connectivity index (χ3v) is 14.7. The van der Waals surface area contributed by atoms with Gasteiger partial charge in [0.2, 0.25) is 29.5 Å². The number of nitrogens with zero attached hydrogens (tertiary/aromatic N) is 6. The quantitative estimate of drug-likeness (QED) is 0.0216. The summed E-state index contributed by atoms with van der Waals surface area (Å²) in [5, 5.41) is 61.2. The van der Waals surface area contributed by atoms with Gasteiger partial charge in [0.05, 0.1) is 26.2 Å². The molecule has 0 bridgehead atoms. The van der Waals surface area contributed by atoms with Crippen LogP contribution in [0.15, 0.2) is 77.8 Å². The number of carboxylic acid groups (broad SMARTS) is 3. The molecule has 0 aliphatic carbocycles. The minimum absolute atomic E-state index is 0.0141. The van der Waals surface area contributed by atoms with E-state index >= 15 is 0 Å². The van der Waals surface area contributed by atoms with E-state index in [2.05, 4.69) is 52.4 Å². The van der Waals surface area contributed by atoms with E-state index in [0.717, 1.165) is 22.4 Å². The van der Waals surface area contributed by atoms with Gasteiger partial charge in [-0.15, -0.1) is 0 Å². The molecular weight excluding hydrogens is 1140 g/mol. The maximum absolute atomic E-state index is 14.8. The summed E-state index contributed by atoms with van der Waals surface area (Å²) in [5.41, 5.74) is 10.3. The lowest BCUT2D eigenvalue weighted by molar-refractivity contribution is -0.140. The van der Waals surface area contributed by atoms with Gasteiger partial charge >= 0.3 is 23.9 Å². The van der Waals surface area contributed by atoms with Crippen molar-refractivity contribution in [3.05, 3.63) is 95.1 Å². The molecule has 482 valence electrons. The Morgan fingerprint density at radius 3 is 1.72 bits per heavy atom. The predicted octanol–water partition coefficient (Wildman–Crippen LogP) is 0.241. The first-order valence-corrected chi connectivity index (χ1v) is 30.0. The van der Waals surface area contributed by atoms with E-state index in [-0.39, 0.29) is 114 Å². The average Bonchev–Trinajstić information content (AvgIpc) is 2.06. The van der Waals surface area contributed by atoms with E-state index < -0.39 is 47.8 Å². The van der Waals surface area contributed by atoms with Gasteiger partial charge in [-0.25, -0.2) is 4.79 Å². The largest absolute Gasteiger partial charge is 0.508 e. The molecule has 1 saturated heterocycles. The number of rotatable bonds is 34. The Balaban J connectivity index is 1.09. The molecule has 0 aromatic heterocycles. The van der Waals surface area contributed by atoms with Crippen LogP contribution in [0.5, 0.6) is 5.75 Å². The summed E-state index contributed by atoms with van der Waals surface area (Å²) in [7, 11) is 0. The Kier molecular flexibility index (Phi) is 30.9. The number of phenols is 1. The summed E-state index contributed by atoms with van der Waals surface area (Å²) in [4.78, 5) is 126. The van der Waals surface area contributed by atoms with Crippen molar-refractivity contribution in [3.63, 3.8) is 0 Å². The predicted molar refractivity (Wildman–Crippen MR) is 329 cm³/mol. The smallest absolute Gasteiger partial charge is 0.321 e. The third-order valence-electron chi connectivity index (χ3n) is 14.7. The fraction of sp³-hybridized carbons (Fsp3) is 0.533. The molecule has 2 atom stereocenters. The molecule has 1 fully saturated rings. The highest BCUT2D eigenvalue weighted by Crippen LogP contribution is 2.33. The second-order valence-corrected chi connectivity index (χ2v) is 21.7. The van der Waals surface area contributed by atoms with Gasteiger partial charge in [-0.2, -0.15) is 0 Å². The van der Waals surface area contributed by atoms with E-state index in [4.69, 9.17) is 5.73 Å². The van der Waals surface area contributed by atoms with Crippen LogP contribution < -0.4 is 48.3 Å². The molecule has 2 heterocycles. The second-order valence-electron chi connectivity index (χ2n) is 21.7. The van der Waals surface area contributed by atoms with Crippen molar-refractivity contribution >= 4 is 65.1 Å². The number of aromatic hydroxyl groups is 1. The molecule has 0 saturated carbocycles. The number of fused-ring (bicyclic) bond motifs is 1. The topological polar surface area (TPSA) is 385 Å². The summed E-state index contributed by atoms with van der Waals surface area (Å²) >= 11 is 0. The molecule has 3 aromatic carbocycles. The molecule has 28 nitrogen and oxygen atoms in total. The van der Waals surface area contributed by atoms with Crippen LogP contribution in [0.4, 0.5) is 10.5 Å². The van der Waals surface area contributed by atoms with Crippen LogP contribution in [0.25, 0.3) is 0 Å². The van der Waals surface area contributed by atoms with Crippen LogP contribution in [-0.2, 0) is 58.0 Å². The van der Waals surface area contributed by atoms with Crippen molar-refractivity contribution in [2.45, 2.75) is 90.0 Å². The highest BCUT2D eigenvalue weighted by molar-refractivity contribution is 5.95. The van der Waals surface area contributed by atoms with E-state index in [0.29, 0.717) is 109 Å². The van der Waals surface area contributed by atoms with Crippen molar-refractivity contribution in [2.24, 2.45) is 10.7 Å². The number of guanidine groups is 1. The van der Waals surface area contributed by atoms with Gasteiger partial charge in [0.25, 0.3) is 0 Å². The molecule has 7 amide bonds. The minimum Gasteiger partial charge on any atom is -0.508 e. The third kappa shape index (κ3) is 27.5. The van der Waals surface area contributed by atoms with Crippen molar-refractivity contribution < 1.29 is 63.6 Å². The van der Waals surface area contributed by atoms with Crippen molar-refractivity contribution in [1.82, 2.24) is 61.7 Å². The summed E-state index contributed by atoms with van der Waals surface area (Å²) in [6, 6.07) is 19.5. The van der Waals surface area contributed by atoms with E-state index in [1.54, 1.807) is 33.8 Å². The number of nitrogens with one attached hydrogen (secondary N) is 8. The first kappa shape index (κ1) is 70.3. The number of carbonyl (C=O) groups excluding carboxylic acids is 6. The summed E-state index contributed by atoms with van der Waals surface area (Å²) in [6.45, 7) is 6.29. The number of nitrogens with two attached hydrogens (primary N) is 1. The summed E-state index contributed by atoms with van der Waals surface area (Å²) in [5.74, 6) is -4.48. The van der Waals surface area contributed by atoms with Gasteiger partial charge in [0.15, 0.2) is 5.96 Å². The molecule has 14 N–H and O–H groups in total. The molecule has 0 spiro atoms. The lowest BCUT2D eigenvalue weighted by Crippen LogP contribution is -2.50. The zero-order chi connectivity index (χ0) is 63.6. The number of hydrogen-bond acceptors (Lipinski definition) is 17. The standard InChI is InChI=1S/C60H89N15O13/c1-2-50(77)65-25-26-67-60(88)70-59(61)66-22-9-15-49(57(86)68-36-43-17-19-48(76)20-18-43)69-58(87)56(75-37-45-11-5-6-12-46(45)38-75)44-13-8-14-47(35-44)62-23-10-24-63-51(78)16-4-3-7-21-64-52(79)39-71-27-29-72(40-53(80)81)31-33-74(42-55(84)85)34-32-73(30-28-71)41-54(82)83/h5-6,8,11-14,17-20,35,49,56,62,76H,2-4,7,9-10,15-16,21-34,36-42H2,1H3,(H,63,78)(H,64,79)(H,65,77)(H,68,86)(H,69,87)(H,80,81)(H,82,83)(H,84,85)(H4,61,66,67,70,88)/t49-,56+/m1/s1. The number of phenolic OH excluding ortho intramolecular Hbond substituents is 1. The Hall–Kier alpha value is -8.44. The molecule has 0 radical (unpaired) electrons. The Bertz CT molecular complexity index is 2730. The van der Waals surface area contributed by atoms with E-state index in [1.807, 2.05) is 53.4 Å². The molecule has 3 aromatic rings. The highest BCUT2D eigenvalue weighted by atomic mass is 16.4. The monoisotopic (exact) mass is 1230 g/mol. The maximum atomic E-state index is 14.8. The maximum Gasteiger partial charge on any atom is 0.321 e. The molecule has 5 rings (SSSR count). The lowest BCUT2D eigenvalue weighted by atomic mass is 10.0. The minimum atomic E-state index is -1.04. The van der Waals surface area contributed by atoms with Crippen molar-refractivity contribution in [3.8, 4) is 5.75 Å². The van der Waals surface area contributed by atoms with E-state index in [9.17, 15) is 63.6 Å². The summed E-state index contributed by atoms with van der Waals surface area (Å²) < 4.78 is 0. The normalized spacial score (nSPS) is 15.4. The van der Waals surface area contributed by atoms with Crippen LogP contribution in [0.2, 0.25) is 0 Å². The van der Waals surface area contributed by atoms with Crippen LogP contribution in [-0.4, -0.2) is 228 Å². The number of unbranched alkanes of at least 4 members (excludes halogenated alkanes) is 2. The van der Waals surface area contributed by atoms with Crippen LogP contribution in [0, 0.1) is 0 Å². The van der Waals surface area contributed by atoms with Gasteiger partial charge in [0.1, 0.15) is 17.8 Å². The van der Waals surface area contributed by atoms with Crippen LogP contribution in [0.3, 0.4) is 0 Å². The first-order chi connectivity index (χ1) is 42.3. The first-order valence-electron chi connectivity index (χ1n) is 30.0. The number of benzene rings is 3. The van der Waals surface area contributed by atoms with Gasteiger partial charge in [-0.1, -0.05) is 61.9 Å². The number of aliphatic carboxylic acids is 3. The number of carboxylic acids is 3. The lowest BCUT2D eigenvalue weighted by Gasteiger charge is -2.32. The molecule has 88 heavy (non-hydrogen) atoms. The second kappa shape index (κ2) is 38.7. The van der Waals surface area contributed by atoms with E-state index in [1.165, 1.54) is 12.1 Å². The van der Waals surface area contributed by atoms with Crippen LogP contribution in [0.1, 0.15) is 86.6 Å². The van der Waals surface area contributed by atoms with Crippen molar-refractivity contribution in [2.75, 3.05) is 123 Å². The number of anilines is 1. The Labute approximate surface area is 513 Å². The van der Waals surface area contributed by atoms with Crippen LogP contribution >= 0.6 is 0 Å². The summed E-state index contributed by atoms with van der Waals surface area (Å²) in [6.07, 6.45) is 3.64. The zero-order valence-corrected chi connectivity index (χ0v) is 50.3. The fourth-order valence-corrected chi connectivity index (χ4v) is 10.0. The van der Waals surface area contributed by atoms with Gasteiger partial charge < -0.3 is 63.4 Å². The highest BCUT2D eigenvalue weighted by Gasteiger charge is 2.35. The molecule has 2 aliphatic rings. The number of amides is 7. The van der Waals surface area contributed by atoms with Gasteiger partial charge in [-0.05, 0) is 78.6 Å². The molecule has 2 aliphatic heterocycles.